The van der Waals surface area contributed by atoms with Crippen LogP contribution in [0.2, 0.25) is 0 Å². The zero-order chi connectivity index (χ0) is 15.7. The van der Waals surface area contributed by atoms with E-state index in [0.717, 1.165) is 19.1 Å². The van der Waals surface area contributed by atoms with E-state index in [1.54, 1.807) is 0 Å². The highest BCUT2D eigenvalue weighted by molar-refractivity contribution is 6.64. The van der Waals surface area contributed by atoms with Crippen LogP contribution in [0.25, 0.3) is 0 Å². The van der Waals surface area contributed by atoms with E-state index in [9.17, 15) is 31.1 Å². The summed E-state index contributed by atoms with van der Waals surface area (Å²) >= 11 is 5.15. The van der Waals surface area contributed by atoms with E-state index in [1.807, 2.05) is 0 Å². The highest BCUT2D eigenvalue weighted by Gasteiger charge is 2.44. The molecule has 0 aromatic heterocycles. The van der Waals surface area contributed by atoms with E-state index in [2.05, 4.69) is 0 Å². The van der Waals surface area contributed by atoms with E-state index in [4.69, 9.17) is 11.6 Å². The molecule has 0 bridgehead atoms. The lowest BCUT2D eigenvalue weighted by molar-refractivity contribution is -0.177. The van der Waals surface area contributed by atoms with Gasteiger partial charge in [0.25, 0.3) is 0 Å². The van der Waals surface area contributed by atoms with E-state index in [1.165, 1.54) is 0 Å². The van der Waals surface area contributed by atoms with Crippen molar-refractivity contribution in [2.45, 2.75) is 25.2 Å². The molecule has 0 radical (unpaired) electrons. The van der Waals surface area contributed by atoms with Gasteiger partial charge in [0.15, 0.2) is 0 Å². The third-order valence-electron chi connectivity index (χ3n) is 2.86. The van der Waals surface area contributed by atoms with Crippen molar-refractivity contribution in [3.63, 3.8) is 0 Å². The summed E-state index contributed by atoms with van der Waals surface area (Å²) < 4.78 is 74.9. The number of rotatable bonds is 3. The van der Waals surface area contributed by atoms with Crippen LogP contribution in [0.15, 0.2) is 24.3 Å². The minimum Gasteiger partial charge on any atom is -0.281 e. The lowest BCUT2D eigenvalue weighted by Gasteiger charge is -2.23. The normalized spacial score (nSPS) is 15.8. The lowest BCUT2D eigenvalue weighted by Crippen LogP contribution is -2.29. The van der Waals surface area contributed by atoms with Crippen LogP contribution in [0.5, 0.6) is 0 Å². The van der Waals surface area contributed by atoms with Crippen molar-refractivity contribution in [2.24, 2.45) is 5.92 Å². The van der Waals surface area contributed by atoms with Crippen molar-refractivity contribution in [3.05, 3.63) is 35.4 Å². The molecule has 8 heteroatoms. The topological polar surface area (TPSA) is 17.1 Å². The zero-order valence-electron chi connectivity index (χ0n) is 10.0. The molecule has 1 aromatic carbocycles. The lowest BCUT2D eigenvalue weighted by atomic mass is 9.87. The third-order valence-corrected chi connectivity index (χ3v) is 3.09. The van der Waals surface area contributed by atoms with Crippen LogP contribution >= 0.6 is 11.6 Å². The molecule has 0 aliphatic heterocycles. The van der Waals surface area contributed by atoms with Crippen LogP contribution in [0.4, 0.5) is 26.3 Å². The number of halogens is 7. The van der Waals surface area contributed by atoms with Crippen LogP contribution in [0, 0.1) is 5.92 Å². The summed E-state index contributed by atoms with van der Waals surface area (Å²) in [5, 5.41) is -1.27. The van der Waals surface area contributed by atoms with E-state index in [-0.39, 0.29) is 5.56 Å². The van der Waals surface area contributed by atoms with E-state index >= 15 is 0 Å². The number of hydrogen-bond donors (Lipinski definition) is 0. The molecule has 0 saturated heterocycles. The monoisotopic (exact) mass is 318 g/mol. The SMILES string of the molecule is CC(C(C(=O)Cl)c1ccc(C(F)(F)F)cc1)C(F)(F)F. The van der Waals surface area contributed by atoms with E-state index in [0.29, 0.717) is 12.1 Å². The fourth-order valence-electron chi connectivity index (χ4n) is 1.68. The molecule has 0 N–H and O–H groups in total. The first-order valence-corrected chi connectivity index (χ1v) is 5.75. The summed E-state index contributed by atoms with van der Waals surface area (Å²) in [4.78, 5) is 11.2. The second-order valence-electron chi connectivity index (χ2n) is 4.23. The Morgan fingerprint density at radius 2 is 1.50 bits per heavy atom. The minimum absolute atomic E-state index is 0.206. The van der Waals surface area contributed by atoms with Crippen LogP contribution in [0.3, 0.4) is 0 Å². The fraction of sp³-hybridized carbons (Fsp3) is 0.417. The van der Waals surface area contributed by atoms with Crippen molar-refractivity contribution in [3.8, 4) is 0 Å². The van der Waals surface area contributed by atoms with Gasteiger partial charge in [0.1, 0.15) is 0 Å². The predicted octanol–water partition coefficient (Wildman–Crippen LogP) is 4.75. The maximum Gasteiger partial charge on any atom is 0.416 e. The van der Waals surface area contributed by atoms with Crippen LogP contribution < -0.4 is 0 Å². The number of alkyl halides is 6. The van der Waals surface area contributed by atoms with Crippen molar-refractivity contribution >= 4 is 16.8 Å². The third kappa shape index (κ3) is 3.88. The predicted molar refractivity (Wildman–Crippen MR) is 60.3 cm³/mol. The summed E-state index contributed by atoms with van der Waals surface area (Å²) in [6, 6.07) is 2.89. The molecule has 2 unspecified atom stereocenters. The van der Waals surface area contributed by atoms with Gasteiger partial charge < -0.3 is 0 Å². The van der Waals surface area contributed by atoms with Gasteiger partial charge in [-0.25, -0.2) is 0 Å². The van der Waals surface area contributed by atoms with Gasteiger partial charge in [-0.3, -0.25) is 4.79 Å². The molecule has 1 aromatic rings. The largest absolute Gasteiger partial charge is 0.416 e. The Morgan fingerprint density at radius 1 is 1.05 bits per heavy atom. The molecule has 1 rings (SSSR count). The highest BCUT2D eigenvalue weighted by atomic mass is 35.5. The van der Waals surface area contributed by atoms with Crippen LogP contribution in [-0.2, 0) is 11.0 Å². The Bertz CT molecular complexity index is 476. The molecule has 0 heterocycles. The molecule has 0 saturated carbocycles. The molecular formula is C12H9ClF6O. The van der Waals surface area contributed by atoms with Gasteiger partial charge in [-0.2, -0.15) is 26.3 Å². The Morgan fingerprint density at radius 3 is 1.80 bits per heavy atom. The number of carbonyl (C=O) groups is 1. The fourth-order valence-corrected chi connectivity index (χ4v) is 2.00. The average molecular weight is 319 g/mol. The van der Waals surface area contributed by atoms with Crippen LogP contribution in [0.1, 0.15) is 24.0 Å². The summed E-state index contributed by atoms with van der Waals surface area (Å²) in [6.07, 6.45) is -9.29. The quantitative estimate of drug-likeness (QED) is 0.580. The number of hydrogen-bond acceptors (Lipinski definition) is 1. The van der Waals surface area contributed by atoms with Gasteiger partial charge in [0.2, 0.25) is 5.24 Å². The highest BCUT2D eigenvalue weighted by Crippen LogP contribution is 2.39. The smallest absolute Gasteiger partial charge is 0.281 e. The van der Waals surface area contributed by atoms with Gasteiger partial charge in [-0.05, 0) is 29.3 Å². The first-order chi connectivity index (χ1) is 8.94. The average Bonchev–Trinajstić information content (AvgIpc) is 2.26. The molecule has 2 atom stereocenters. The molecule has 0 spiro atoms. The molecule has 20 heavy (non-hydrogen) atoms. The van der Waals surface area contributed by atoms with Crippen LogP contribution in [-0.4, -0.2) is 11.4 Å². The Balaban J connectivity index is 3.15. The van der Waals surface area contributed by atoms with Crippen molar-refractivity contribution in [1.29, 1.82) is 0 Å². The second kappa shape index (κ2) is 5.63. The Kier molecular flexibility index (Phi) is 4.74. The van der Waals surface area contributed by atoms with E-state index < -0.39 is 35.0 Å². The van der Waals surface area contributed by atoms with Gasteiger partial charge >= 0.3 is 12.4 Å². The molecule has 112 valence electrons. The summed E-state index contributed by atoms with van der Waals surface area (Å²) in [5.41, 5.74) is -1.22. The standard InChI is InChI=1S/C12H9ClF6O/c1-6(11(14,15)16)9(10(13)20)7-2-4-8(5-3-7)12(17,18)19/h2-6,9H,1H3. The first-order valence-electron chi connectivity index (χ1n) is 5.38. The molecule has 1 nitrogen and oxygen atoms in total. The van der Waals surface area contributed by atoms with Crippen molar-refractivity contribution < 1.29 is 31.1 Å². The van der Waals surface area contributed by atoms with Gasteiger partial charge in [0, 0.05) is 0 Å². The zero-order valence-corrected chi connectivity index (χ0v) is 10.8. The molecule has 0 aliphatic rings. The van der Waals surface area contributed by atoms with Crippen molar-refractivity contribution in [1.82, 2.24) is 0 Å². The molecule has 0 aliphatic carbocycles. The second-order valence-corrected chi connectivity index (χ2v) is 4.60. The summed E-state index contributed by atoms with van der Waals surface area (Å²) in [7, 11) is 0. The number of benzene rings is 1. The van der Waals surface area contributed by atoms with Crippen molar-refractivity contribution in [2.75, 3.05) is 0 Å². The molecule has 0 fully saturated rings. The molecule has 0 amide bonds. The number of carbonyl (C=O) groups excluding carboxylic acids is 1. The molecular weight excluding hydrogens is 310 g/mol. The van der Waals surface area contributed by atoms with Gasteiger partial charge in [0.05, 0.1) is 17.4 Å². The van der Waals surface area contributed by atoms with Gasteiger partial charge in [-0.1, -0.05) is 19.1 Å². The minimum atomic E-state index is -4.68. The Labute approximate surface area is 115 Å². The maximum absolute atomic E-state index is 12.6. The van der Waals surface area contributed by atoms with Gasteiger partial charge in [-0.15, -0.1) is 0 Å². The Hall–Kier alpha value is -1.24. The maximum atomic E-state index is 12.6. The first kappa shape index (κ1) is 16.8. The summed E-state index contributed by atoms with van der Waals surface area (Å²) in [5.74, 6) is -3.83. The summed E-state index contributed by atoms with van der Waals surface area (Å²) in [6.45, 7) is 0.753.